The molecule has 1 aliphatic rings. The van der Waals surface area contributed by atoms with Gasteiger partial charge in [-0.25, -0.2) is 0 Å². The molecule has 1 aromatic carbocycles. The standard InChI is InChI=1S/C25H32N2O3/c1-2-30-24(29)25(16-8-12-21-10-4-3-5-11-21)17-9-19-27(20-25)23(28)15-14-22-13-6-7-18-26-22/h3-7,10-11,13,18H,2,8-9,12,14-17,19-20H2,1H3. The van der Waals surface area contributed by atoms with E-state index in [1.54, 1.807) is 6.20 Å². The van der Waals surface area contributed by atoms with Gasteiger partial charge >= 0.3 is 5.97 Å². The van der Waals surface area contributed by atoms with Crippen LogP contribution in [0.5, 0.6) is 0 Å². The van der Waals surface area contributed by atoms with E-state index >= 15 is 0 Å². The molecule has 1 fully saturated rings. The number of benzene rings is 1. The average molecular weight is 409 g/mol. The lowest BCUT2D eigenvalue weighted by Crippen LogP contribution is -2.50. The second-order valence-corrected chi connectivity index (χ2v) is 8.08. The third-order valence-corrected chi connectivity index (χ3v) is 5.92. The molecule has 2 aromatic rings. The largest absolute Gasteiger partial charge is 0.466 e. The second-order valence-electron chi connectivity index (χ2n) is 8.08. The van der Waals surface area contributed by atoms with Crippen LogP contribution >= 0.6 is 0 Å². The van der Waals surface area contributed by atoms with Gasteiger partial charge in [0, 0.05) is 31.4 Å². The summed E-state index contributed by atoms with van der Waals surface area (Å²) < 4.78 is 5.46. The van der Waals surface area contributed by atoms with Gasteiger partial charge in [0.2, 0.25) is 5.91 Å². The number of nitrogens with zero attached hydrogens (tertiary/aromatic N) is 2. The van der Waals surface area contributed by atoms with Crippen molar-refractivity contribution in [1.29, 1.82) is 0 Å². The van der Waals surface area contributed by atoms with Gasteiger partial charge in [-0.3, -0.25) is 14.6 Å². The lowest BCUT2D eigenvalue weighted by atomic mass is 9.75. The van der Waals surface area contributed by atoms with Crippen LogP contribution in [0.25, 0.3) is 0 Å². The van der Waals surface area contributed by atoms with Gasteiger partial charge in [-0.2, -0.15) is 0 Å². The third-order valence-electron chi connectivity index (χ3n) is 5.92. The molecule has 0 spiro atoms. The lowest BCUT2D eigenvalue weighted by molar-refractivity contribution is -0.161. The number of aryl methyl sites for hydroxylation is 2. The molecule has 5 nitrogen and oxygen atoms in total. The molecule has 1 unspecified atom stereocenters. The highest BCUT2D eigenvalue weighted by Gasteiger charge is 2.44. The van der Waals surface area contributed by atoms with Crippen LogP contribution in [0.2, 0.25) is 0 Å². The number of aromatic nitrogens is 1. The molecule has 0 radical (unpaired) electrons. The average Bonchev–Trinajstić information content (AvgIpc) is 2.79. The number of carbonyl (C=O) groups is 2. The molecule has 1 saturated heterocycles. The molecule has 0 saturated carbocycles. The van der Waals surface area contributed by atoms with E-state index in [4.69, 9.17) is 4.74 Å². The molecule has 3 rings (SSSR count). The number of hydrogen-bond acceptors (Lipinski definition) is 4. The fraction of sp³-hybridized carbons (Fsp3) is 0.480. The molecule has 1 aromatic heterocycles. The van der Waals surface area contributed by atoms with Gasteiger partial charge in [-0.15, -0.1) is 0 Å². The molecule has 2 heterocycles. The first-order valence-electron chi connectivity index (χ1n) is 11.0. The first-order valence-corrected chi connectivity index (χ1v) is 11.0. The SMILES string of the molecule is CCOC(=O)C1(CCCc2ccccc2)CCCN(C(=O)CCc2ccccn2)C1. The van der Waals surface area contributed by atoms with Gasteiger partial charge in [-0.05, 0) is 63.1 Å². The molecule has 1 atom stereocenters. The summed E-state index contributed by atoms with van der Waals surface area (Å²) in [5, 5.41) is 0. The topological polar surface area (TPSA) is 59.5 Å². The molecule has 5 heteroatoms. The van der Waals surface area contributed by atoms with Crippen LogP contribution in [0.15, 0.2) is 54.7 Å². The zero-order valence-electron chi connectivity index (χ0n) is 17.9. The van der Waals surface area contributed by atoms with Crippen molar-refractivity contribution in [1.82, 2.24) is 9.88 Å². The molecule has 0 bridgehead atoms. The normalized spacial score (nSPS) is 18.8. The van der Waals surface area contributed by atoms with E-state index in [0.717, 1.165) is 37.8 Å². The molecule has 30 heavy (non-hydrogen) atoms. The predicted molar refractivity (Wildman–Crippen MR) is 117 cm³/mol. The maximum atomic E-state index is 12.9. The summed E-state index contributed by atoms with van der Waals surface area (Å²) in [4.78, 5) is 32.0. The highest BCUT2D eigenvalue weighted by atomic mass is 16.5. The van der Waals surface area contributed by atoms with E-state index in [1.165, 1.54) is 5.56 Å². The van der Waals surface area contributed by atoms with E-state index in [1.807, 2.05) is 48.2 Å². The van der Waals surface area contributed by atoms with Crippen molar-refractivity contribution in [3.63, 3.8) is 0 Å². The van der Waals surface area contributed by atoms with Gasteiger partial charge < -0.3 is 9.64 Å². The Labute approximate surface area is 179 Å². The van der Waals surface area contributed by atoms with Gasteiger partial charge in [0.05, 0.1) is 12.0 Å². The number of amides is 1. The van der Waals surface area contributed by atoms with E-state index in [2.05, 4.69) is 17.1 Å². The minimum Gasteiger partial charge on any atom is -0.466 e. The van der Waals surface area contributed by atoms with Crippen molar-refractivity contribution in [2.75, 3.05) is 19.7 Å². The number of rotatable bonds is 9. The minimum absolute atomic E-state index is 0.0945. The predicted octanol–water partition coefficient (Wildman–Crippen LogP) is 4.21. The number of ether oxygens (including phenoxy) is 1. The Morgan fingerprint density at radius 1 is 1.10 bits per heavy atom. The number of hydrogen-bond donors (Lipinski definition) is 0. The Morgan fingerprint density at radius 3 is 2.63 bits per heavy atom. The summed E-state index contributed by atoms with van der Waals surface area (Å²) >= 11 is 0. The van der Waals surface area contributed by atoms with Crippen LogP contribution in [0, 0.1) is 5.41 Å². The molecule has 0 aliphatic carbocycles. The maximum Gasteiger partial charge on any atom is 0.313 e. The molecule has 160 valence electrons. The van der Waals surface area contributed by atoms with Crippen molar-refractivity contribution in [3.05, 3.63) is 66.0 Å². The number of carbonyl (C=O) groups excluding carboxylic acids is 2. The summed E-state index contributed by atoms with van der Waals surface area (Å²) in [6, 6.07) is 16.1. The lowest BCUT2D eigenvalue weighted by Gasteiger charge is -2.41. The number of esters is 1. The molecule has 1 aliphatic heterocycles. The van der Waals surface area contributed by atoms with Crippen LogP contribution in [0.1, 0.15) is 50.3 Å². The summed E-state index contributed by atoms with van der Waals surface area (Å²) in [5.74, 6) is -0.0580. The summed E-state index contributed by atoms with van der Waals surface area (Å²) in [6.07, 6.45) is 6.97. The zero-order chi connectivity index (χ0) is 21.2. The molecular formula is C25H32N2O3. The van der Waals surface area contributed by atoms with E-state index < -0.39 is 5.41 Å². The third kappa shape index (κ3) is 5.91. The summed E-state index contributed by atoms with van der Waals surface area (Å²) in [7, 11) is 0. The van der Waals surface area contributed by atoms with Gasteiger partial charge in [0.1, 0.15) is 0 Å². The van der Waals surface area contributed by atoms with E-state index in [-0.39, 0.29) is 11.9 Å². The van der Waals surface area contributed by atoms with Gasteiger partial charge in [0.15, 0.2) is 0 Å². The molecule has 0 N–H and O–H groups in total. The van der Waals surface area contributed by atoms with Crippen LogP contribution in [0.4, 0.5) is 0 Å². The van der Waals surface area contributed by atoms with Crippen molar-refractivity contribution >= 4 is 11.9 Å². The van der Waals surface area contributed by atoms with Crippen LogP contribution in [-0.4, -0.2) is 41.5 Å². The van der Waals surface area contributed by atoms with E-state index in [0.29, 0.717) is 32.5 Å². The first kappa shape index (κ1) is 22.0. The Morgan fingerprint density at radius 2 is 1.90 bits per heavy atom. The van der Waals surface area contributed by atoms with Crippen molar-refractivity contribution in [2.24, 2.45) is 5.41 Å². The van der Waals surface area contributed by atoms with Crippen molar-refractivity contribution in [3.8, 4) is 0 Å². The number of piperidine rings is 1. The van der Waals surface area contributed by atoms with Crippen LogP contribution in [0.3, 0.4) is 0 Å². The van der Waals surface area contributed by atoms with Crippen molar-refractivity contribution in [2.45, 2.75) is 51.9 Å². The van der Waals surface area contributed by atoms with Crippen LogP contribution < -0.4 is 0 Å². The Hall–Kier alpha value is -2.69. The number of likely N-dealkylation sites (tertiary alicyclic amines) is 1. The Kier molecular flexibility index (Phi) is 8.00. The fourth-order valence-electron chi connectivity index (χ4n) is 4.32. The van der Waals surface area contributed by atoms with Gasteiger partial charge in [-0.1, -0.05) is 36.4 Å². The monoisotopic (exact) mass is 408 g/mol. The Balaban J connectivity index is 1.62. The maximum absolute atomic E-state index is 12.9. The summed E-state index contributed by atoms with van der Waals surface area (Å²) in [5.41, 5.74) is 1.60. The van der Waals surface area contributed by atoms with E-state index in [9.17, 15) is 9.59 Å². The first-order chi connectivity index (χ1) is 14.6. The highest BCUT2D eigenvalue weighted by molar-refractivity contribution is 5.81. The minimum atomic E-state index is -0.594. The Bertz CT molecular complexity index is 810. The number of pyridine rings is 1. The summed E-state index contributed by atoms with van der Waals surface area (Å²) in [6.45, 7) is 3.38. The molecule has 1 amide bonds. The van der Waals surface area contributed by atoms with Gasteiger partial charge in [0.25, 0.3) is 0 Å². The van der Waals surface area contributed by atoms with Crippen LogP contribution in [-0.2, 0) is 27.2 Å². The second kappa shape index (κ2) is 10.9. The smallest absolute Gasteiger partial charge is 0.313 e. The fourth-order valence-corrected chi connectivity index (χ4v) is 4.32. The quantitative estimate of drug-likeness (QED) is 0.583. The molecular weight excluding hydrogens is 376 g/mol. The van der Waals surface area contributed by atoms with Crippen molar-refractivity contribution < 1.29 is 14.3 Å². The zero-order valence-corrected chi connectivity index (χ0v) is 17.9. The highest BCUT2D eigenvalue weighted by Crippen LogP contribution is 2.37.